The fourth-order valence-electron chi connectivity index (χ4n) is 3.06. The van der Waals surface area contributed by atoms with Gasteiger partial charge in [0, 0.05) is 0 Å². The van der Waals surface area contributed by atoms with E-state index in [2.05, 4.69) is 0 Å². The van der Waals surface area contributed by atoms with Crippen LogP contribution in [0, 0.1) is 13.8 Å². The van der Waals surface area contributed by atoms with Crippen molar-refractivity contribution in [1.82, 2.24) is 0 Å². The smallest absolute Gasteiger partial charge is 0.338 e. The van der Waals surface area contributed by atoms with Crippen molar-refractivity contribution >= 4 is 11.9 Å². The van der Waals surface area contributed by atoms with E-state index >= 15 is 0 Å². The van der Waals surface area contributed by atoms with Crippen molar-refractivity contribution < 1.29 is 19.4 Å². The summed E-state index contributed by atoms with van der Waals surface area (Å²) in [5.74, 6) is -1.21. The van der Waals surface area contributed by atoms with Crippen LogP contribution in [0.3, 0.4) is 0 Å². The molecule has 4 heteroatoms. The summed E-state index contributed by atoms with van der Waals surface area (Å²) in [7, 11) is 1.34. The number of hydrogen-bond acceptors (Lipinski definition) is 3. The molecule has 108 valence electrons. The van der Waals surface area contributed by atoms with Gasteiger partial charge in [-0.15, -0.1) is 0 Å². The number of aliphatic carboxylic acids is 1. The molecule has 0 aliphatic heterocycles. The summed E-state index contributed by atoms with van der Waals surface area (Å²) in [6.45, 7) is 3.75. The molecule has 0 atom stereocenters. The molecule has 0 radical (unpaired) electrons. The third kappa shape index (κ3) is 2.19. The highest BCUT2D eigenvalue weighted by Gasteiger charge is 2.43. The quantitative estimate of drug-likeness (QED) is 0.862. The van der Waals surface area contributed by atoms with Gasteiger partial charge in [0.1, 0.15) is 0 Å². The van der Waals surface area contributed by atoms with E-state index in [0.29, 0.717) is 18.4 Å². The molecule has 20 heavy (non-hydrogen) atoms. The molecule has 0 saturated heterocycles. The molecule has 0 bridgehead atoms. The highest BCUT2D eigenvalue weighted by Crippen LogP contribution is 2.42. The number of aryl methyl sites for hydroxylation is 1. The zero-order valence-electron chi connectivity index (χ0n) is 12.2. The molecule has 0 spiro atoms. The Bertz CT molecular complexity index is 554. The van der Waals surface area contributed by atoms with E-state index < -0.39 is 17.4 Å². The van der Waals surface area contributed by atoms with Gasteiger partial charge in [0.15, 0.2) is 0 Å². The summed E-state index contributed by atoms with van der Waals surface area (Å²) < 4.78 is 4.80. The minimum Gasteiger partial charge on any atom is -0.481 e. The second kappa shape index (κ2) is 5.27. The Morgan fingerprint density at radius 3 is 2.30 bits per heavy atom. The van der Waals surface area contributed by atoms with Gasteiger partial charge in [-0.05, 0) is 49.4 Å². The Morgan fingerprint density at radius 2 is 1.80 bits per heavy atom. The van der Waals surface area contributed by atoms with Crippen molar-refractivity contribution in [2.45, 2.75) is 44.9 Å². The van der Waals surface area contributed by atoms with Crippen molar-refractivity contribution in [3.05, 3.63) is 34.4 Å². The van der Waals surface area contributed by atoms with E-state index in [-0.39, 0.29) is 0 Å². The molecular weight excluding hydrogens is 256 g/mol. The van der Waals surface area contributed by atoms with Crippen LogP contribution < -0.4 is 0 Å². The molecule has 1 aliphatic carbocycles. The highest BCUT2D eigenvalue weighted by molar-refractivity contribution is 5.92. The van der Waals surface area contributed by atoms with Gasteiger partial charge in [-0.1, -0.05) is 18.9 Å². The molecule has 2 rings (SSSR count). The summed E-state index contributed by atoms with van der Waals surface area (Å²) in [4.78, 5) is 23.6. The van der Waals surface area contributed by atoms with E-state index in [4.69, 9.17) is 4.74 Å². The van der Waals surface area contributed by atoms with Crippen LogP contribution in [-0.4, -0.2) is 24.2 Å². The van der Waals surface area contributed by atoms with Crippen molar-refractivity contribution in [2.24, 2.45) is 0 Å². The first-order valence-electron chi connectivity index (χ1n) is 6.86. The van der Waals surface area contributed by atoms with Crippen LogP contribution in [0.25, 0.3) is 0 Å². The number of carboxylic acids is 1. The first-order chi connectivity index (χ1) is 9.42. The van der Waals surface area contributed by atoms with Crippen LogP contribution in [0.1, 0.15) is 52.7 Å². The van der Waals surface area contributed by atoms with Gasteiger partial charge in [-0.25, -0.2) is 4.79 Å². The van der Waals surface area contributed by atoms with E-state index in [1.165, 1.54) is 7.11 Å². The van der Waals surface area contributed by atoms with Crippen molar-refractivity contribution in [2.75, 3.05) is 7.11 Å². The SMILES string of the molecule is COC(=O)c1cc(C2(C(=O)O)CCCC2)cc(C)c1C. The minimum absolute atomic E-state index is 0.411. The van der Waals surface area contributed by atoms with Crippen LogP contribution in [0.2, 0.25) is 0 Å². The van der Waals surface area contributed by atoms with E-state index in [1.807, 2.05) is 19.9 Å². The number of methoxy groups -OCH3 is 1. The zero-order valence-corrected chi connectivity index (χ0v) is 12.2. The van der Waals surface area contributed by atoms with Crippen LogP contribution >= 0.6 is 0 Å². The summed E-state index contributed by atoms with van der Waals surface area (Å²) in [6, 6.07) is 3.61. The number of carboxylic acid groups (broad SMARTS) is 1. The topological polar surface area (TPSA) is 63.6 Å². The molecule has 0 unspecified atom stereocenters. The standard InChI is InChI=1S/C16H20O4/c1-10-8-12(9-13(11(10)2)14(17)20-3)16(15(18)19)6-4-5-7-16/h8-9H,4-7H2,1-3H3,(H,18,19). The summed E-state index contributed by atoms with van der Waals surface area (Å²) in [5.41, 5.74) is 2.12. The van der Waals surface area contributed by atoms with Crippen LogP contribution in [0.15, 0.2) is 12.1 Å². The highest BCUT2D eigenvalue weighted by atomic mass is 16.5. The summed E-state index contributed by atoms with van der Waals surface area (Å²) in [6.07, 6.45) is 3.08. The molecule has 1 aromatic carbocycles. The second-order valence-electron chi connectivity index (χ2n) is 5.55. The zero-order chi connectivity index (χ0) is 14.9. The third-order valence-electron chi connectivity index (χ3n) is 4.49. The first kappa shape index (κ1) is 14.6. The number of carbonyl (C=O) groups excluding carboxylic acids is 1. The molecular formula is C16H20O4. The third-order valence-corrected chi connectivity index (χ3v) is 4.49. The molecule has 4 nitrogen and oxygen atoms in total. The number of benzene rings is 1. The number of ether oxygens (including phenoxy) is 1. The maximum Gasteiger partial charge on any atom is 0.338 e. The number of hydrogen-bond donors (Lipinski definition) is 1. The summed E-state index contributed by atoms with van der Waals surface area (Å²) >= 11 is 0. The molecule has 1 aliphatic rings. The lowest BCUT2D eigenvalue weighted by molar-refractivity contribution is -0.143. The van der Waals surface area contributed by atoms with Crippen LogP contribution in [-0.2, 0) is 14.9 Å². The molecule has 1 N–H and O–H groups in total. The molecule has 0 amide bonds. The molecule has 0 aromatic heterocycles. The average molecular weight is 276 g/mol. The Balaban J connectivity index is 2.60. The average Bonchev–Trinajstić information content (AvgIpc) is 2.91. The molecule has 1 fully saturated rings. The van der Waals surface area contributed by atoms with Crippen molar-refractivity contribution in [3.8, 4) is 0 Å². The van der Waals surface area contributed by atoms with Crippen molar-refractivity contribution in [1.29, 1.82) is 0 Å². The fraction of sp³-hybridized carbons (Fsp3) is 0.500. The number of carbonyl (C=O) groups is 2. The lowest BCUT2D eigenvalue weighted by Crippen LogP contribution is -2.33. The van der Waals surface area contributed by atoms with E-state index in [0.717, 1.165) is 29.5 Å². The maximum atomic E-state index is 11.9. The van der Waals surface area contributed by atoms with Gasteiger partial charge in [-0.2, -0.15) is 0 Å². The monoisotopic (exact) mass is 276 g/mol. The minimum atomic E-state index is -0.846. The lowest BCUT2D eigenvalue weighted by Gasteiger charge is -2.26. The van der Waals surface area contributed by atoms with E-state index in [9.17, 15) is 14.7 Å². The fourth-order valence-corrected chi connectivity index (χ4v) is 3.06. The molecule has 0 heterocycles. The van der Waals surface area contributed by atoms with Gasteiger partial charge in [0.05, 0.1) is 18.1 Å². The van der Waals surface area contributed by atoms with Crippen LogP contribution in [0.5, 0.6) is 0 Å². The van der Waals surface area contributed by atoms with Gasteiger partial charge < -0.3 is 9.84 Å². The Morgan fingerprint density at radius 1 is 1.20 bits per heavy atom. The number of rotatable bonds is 3. The largest absolute Gasteiger partial charge is 0.481 e. The van der Waals surface area contributed by atoms with Gasteiger partial charge in [-0.3, -0.25) is 4.79 Å². The van der Waals surface area contributed by atoms with Gasteiger partial charge >= 0.3 is 11.9 Å². The van der Waals surface area contributed by atoms with Gasteiger partial charge in [0.2, 0.25) is 0 Å². The predicted molar refractivity (Wildman–Crippen MR) is 75.0 cm³/mol. The molecule has 1 aromatic rings. The molecule has 1 saturated carbocycles. The van der Waals surface area contributed by atoms with Gasteiger partial charge in [0.25, 0.3) is 0 Å². The maximum absolute atomic E-state index is 11.9. The lowest BCUT2D eigenvalue weighted by atomic mass is 9.77. The van der Waals surface area contributed by atoms with E-state index in [1.54, 1.807) is 6.07 Å². The van der Waals surface area contributed by atoms with Crippen LogP contribution in [0.4, 0.5) is 0 Å². The predicted octanol–water partition coefficient (Wildman–Crippen LogP) is 2.99. The summed E-state index contributed by atoms with van der Waals surface area (Å²) in [5, 5.41) is 9.65. The first-order valence-corrected chi connectivity index (χ1v) is 6.86. The number of esters is 1. The Hall–Kier alpha value is -1.84. The van der Waals surface area contributed by atoms with Crippen molar-refractivity contribution in [3.63, 3.8) is 0 Å². The normalized spacial score (nSPS) is 16.9. The Labute approximate surface area is 118 Å². The second-order valence-corrected chi connectivity index (χ2v) is 5.55. The Kier molecular flexibility index (Phi) is 3.84.